The molecule has 11 atom stereocenters. The minimum Gasteiger partial charge on any atom is -0.508 e. The standard InChI is InChI=1S/C50H74N2O11/c1-4-5-12-44(58)45(59)22-19-35-17-16-34-10-7-6-9-33(34)11-8-13-47(50(3,63)29-37-18-20-39(56)26-36(37)24-25-53)52-43(41(35)27-40(57)31-55)21-23-46(60)49-42(28-48(61)62)38(30-54)15-14-32(2)51-49/h6-7,9-10,18-20,22,26,32,38,40,42-47,49,51-60,63H,4-5,12-17,21,23-25,27-31H2,1-3H3,(H,61,62). The van der Waals surface area contributed by atoms with E-state index in [4.69, 9.17) is 0 Å². The van der Waals surface area contributed by atoms with Gasteiger partial charge in [-0.15, -0.1) is 0 Å². The predicted molar refractivity (Wildman–Crippen MR) is 243 cm³/mol. The number of aliphatic carboxylic acids is 1. The third-order valence-electron chi connectivity index (χ3n) is 13.0. The smallest absolute Gasteiger partial charge is 0.303 e. The van der Waals surface area contributed by atoms with Gasteiger partial charge in [0.15, 0.2) is 0 Å². The molecular formula is C50H74N2O11. The van der Waals surface area contributed by atoms with Crippen LogP contribution < -0.4 is 10.6 Å². The maximum atomic E-state index is 12.6. The van der Waals surface area contributed by atoms with E-state index in [0.717, 1.165) is 24.0 Å². The summed E-state index contributed by atoms with van der Waals surface area (Å²) in [6, 6.07) is 10.4. The summed E-state index contributed by atoms with van der Waals surface area (Å²) >= 11 is 0. The largest absolute Gasteiger partial charge is 0.508 e. The topological polar surface area (TPSA) is 243 Å². The lowest BCUT2D eigenvalue weighted by atomic mass is 9.78. The van der Waals surface area contributed by atoms with Crippen molar-refractivity contribution in [1.82, 2.24) is 10.6 Å². The van der Waals surface area contributed by atoms with E-state index in [1.165, 1.54) is 6.07 Å². The van der Waals surface area contributed by atoms with Crippen molar-refractivity contribution in [2.24, 2.45) is 11.8 Å². The number of phenols is 1. The van der Waals surface area contributed by atoms with Gasteiger partial charge in [-0.3, -0.25) is 4.79 Å². The number of aromatic hydroxyl groups is 1. The number of nitrogens with one attached hydrogen (secondary N) is 2. The van der Waals surface area contributed by atoms with Crippen molar-refractivity contribution in [3.63, 3.8) is 0 Å². The van der Waals surface area contributed by atoms with Crippen LogP contribution >= 0.6 is 0 Å². The molecule has 63 heavy (non-hydrogen) atoms. The third kappa shape index (κ3) is 15.8. The molecule has 0 amide bonds. The fourth-order valence-electron chi connectivity index (χ4n) is 9.32. The molecule has 0 bridgehead atoms. The van der Waals surface area contributed by atoms with Gasteiger partial charge in [0, 0.05) is 55.8 Å². The number of rotatable bonds is 21. The molecule has 0 spiro atoms. The monoisotopic (exact) mass is 879 g/mol. The van der Waals surface area contributed by atoms with Crippen LogP contribution in [0.1, 0.15) is 114 Å². The molecule has 13 nitrogen and oxygen atoms in total. The number of aryl methyl sites for hydroxylation is 1. The molecule has 0 radical (unpaired) electrons. The molecule has 4 rings (SSSR count). The summed E-state index contributed by atoms with van der Waals surface area (Å²) in [6.45, 7) is 4.73. The summed E-state index contributed by atoms with van der Waals surface area (Å²) < 4.78 is 0. The molecular weight excluding hydrogens is 805 g/mol. The zero-order chi connectivity index (χ0) is 46.1. The highest BCUT2D eigenvalue weighted by molar-refractivity contribution is 5.67. The van der Waals surface area contributed by atoms with Crippen molar-refractivity contribution in [3.8, 4) is 17.6 Å². The number of unbranched alkanes of at least 4 members (excludes halogenated alkanes) is 1. The molecule has 2 aromatic rings. The molecule has 1 fully saturated rings. The molecule has 2 aliphatic heterocycles. The van der Waals surface area contributed by atoms with Gasteiger partial charge >= 0.3 is 5.97 Å². The summed E-state index contributed by atoms with van der Waals surface area (Å²) in [6.07, 6.45) is 3.60. The second-order valence-electron chi connectivity index (χ2n) is 18.1. The molecule has 2 aromatic carbocycles. The van der Waals surface area contributed by atoms with Crippen LogP contribution in [0.5, 0.6) is 5.75 Å². The summed E-state index contributed by atoms with van der Waals surface area (Å²) in [5.74, 6) is 4.72. The first-order chi connectivity index (χ1) is 30.1. The lowest BCUT2D eigenvalue weighted by molar-refractivity contribution is -0.139. The van der Waals surface area contributed by atoms with Gasteiger partial charge in [0.2, 0.25) is 0 Å². The zero-order valence-corrected chi connectivity index (χ0v) is 37.4. The maximum absolute atomic E-state index is 12.6. The Bertz CT molecular complexity index is 1850. The van der Waals surface area contributed by atoms with Crippen molar-refractivity contribution >= 4 is 5.97 Å². The van der Waals surface area contributed by atoms with Gasteiger partial charge < -0.3 is 61.7 Å². The number of aliphatic hydroxyl groups is 8. The molecule has 11 unspecified atom stereocenters. The quantitative estimate of drug-likeness (QED) is 0.0806. The van der Waals surface area contributed by atoms with Gasteiger partial charge in [-0.2, -0.15) is 0 Å². The minimum absolute atomic E-state index is 0.0217. The van der Waals surface area contributed by atoms with Crippen molar-refractivity contribution < 1.29 is 55.9 Å². The average molecular weight is 879 g/mol. The normalized spacial score (nSPS) is 25.3. The van der Waals surface area contributed by atoms with E-state index in [2.05, 4.69) is 22.5 Å². The Labute approximate surface area is 373 Å². The fourth-order valence-corrected chi connectivity index (χ4v) is 9.32. The number of benzene rings is 2. The summed E-state index contributed by atoms with van der Waals surface area (Å²) in [7, 11) is 0. The van der Waals surface area contributed by atoms with Gasteiger partial charge in [0.1, 0.15) is 5.75 Å². The number of carbonyl (C=O) groups is 1. The van der Waals surface area contributed by atoms with E-state index in [-0.39, 0.29) is 75.9 Å². The highest BCUT2D eigenvalue weighted by atomic mass is 16.4. The zero-order valence-electron chi connectivity index (χ0n) is 37.4. The van der Waals surface area contributed by atoms with Crippen molar-refractivity contribution in [2.45, 2.75) is 165 Å². The Balaban J connectivity index is 1.91. The Morgan fingerprint density at radius 1 is 1.00 bits per heavy atom. The number of aliphatic hydroxyl groups excluding tert-OH is 7. The highest BCUT2D eigenvalue weighted by Gasteiger charge is 2.40. The van der Waals surface area contributed by atoms with E-state index in [0.29, 0.717) is 54.4 Å². The second kappa shape index (κ2) is 25.7. The number of allylic oxidation sites excluding steroid dienone is 2. The summed E-state index contributed by atoms with van der Waals surface area (Å²) in [5, 5.41) is 116. The van der Waals surface area contributed by atoms with Crippen LogP contribution in [0.2, 0.25) is 0 Å². The van der Waals surface area contributed by atoms with E-state index in [9.17, 15) is 55.9 Å². The molecule has 350 valence electrons. The SMILES string of the molecule is CCCCC(O)C(O)C=CC1=C(CC(O)CO)C(CCC(O)C2NC(C)CCC(CO)C2CC(=O)O)NC(C(C)(O)Cc2ccc(O)cc2CCO)CC#Cc2ccccc2CC1. The van der Waals surface area contributed by atoms with Crippen LogP contribution in [0.4, 0.5) is 0 Å². The van der Waals surface area contributed by atoms with Crippen molar-refractivity contribution in [2.75, 3.05) is 19.8 Å². The van der Waals surface area contributed by atoms with Gasteiger partial charge in [-0.05, 0) is 130 Å². The van der Waals surface area contributed by atoms with Crippen LogP contribution in [0.25, 0.3) is 0 Å². The minimum atomic E-state index is -1.52. The molecule has 1 saturated heterocycles. The van der Waals surface area contributed by atoms with Gasteiger partial charge in [0.25, 0.3) is 0 Å². The van der Waals surface area contributed by atoms with Crippen LogP contribution in [0.3, 0.4) is 0 Å². The average Bonchev–Trinajstić information content (AvgIpc) is 3.40. The number of carboxylic acid groups (broad SMARTS) is 1. The first-order valence-corrected chi connectivity index (χ1v) is 22.9. The fraction of sp³-hybridized carbons (Fsp3) is 0.620. The first kappa shape index (κ1) is 52.0. The lowest BCUT2D eigenvalue weighted by Gasteiger charge is -2.39. The first-order valence-electron chi connectivity index (χ1n) is 22.9. The van der Waals surface area contributed by atoms with Gasteiger partial charge in [0.05, 0.1) is 43.0 Å². The molecule has 2 aliphatic rings. The number of hydrogen-bond acceptors (Lipinski definition) is 12. The molecule has 0 aliphatic carbocycles. The van der Waals surface area contributed by atoms with E-state index < -0.39 is 66.6 Å². The third-order valence-corrected chi connectivity index (χ3v) is 13.0. The van der Waals surface area contributed by atoms with Crippen molar-refractivity contribution in [3.05, 3.63) is 88.0 Å². The van der Waals surface area contributed by atoms with E-state index >= 15 is 0 Å². The van der Waals surface area contributed by atoms with Crippen LogP contribution in [0, 0.1) is 23.7 Å². The Morgan fingerprint density at radius 3 is 2.46 bits per heavy atom. The molecule has 0 aromatic heterocycles. The number of carboxylic acids is 1. The number of phenolic OH excluding ortho intramolecular Hbond substituents is 1. The molecule has 0 saturated carbocycles. The van der Waals surface area contributed by atoms with Gasteiger partial charge in [-0.1, -0.05) is 68.0 Å². The summed E-state index contributed by atoms with van der Waals surface area (Å²) in [5.41, 5.74) is 3.00. The number of hydrogen-bond donors (Lipinski definition) is 12. The predicted octanol–water partition coefficient (Wildman–Crippen LogP) is 3.42. The number of fused-ring (bicyclic) bond motifs is 1. The Morgan fingerprint density at radius 2 is 1.76 bits per heavy atom. The summed E-state index contributed by atoms with van der Waals surface area (Å²) in [4.78, 5) is 12.2. The second-order valence-corrected chi connectivity index (χ2v) is 18.1. The molecule has 13 heteroatoms. The Kier molecular flexibility index (Phi) is 21.2. The maximum Gasteiger partial charge on any atom is 0.303 e. The highest BCUT2D eigenvalue weighted by Crippen LogP contribution is 2.34. The van der Waals surface area contributed by atoms with Crippen LogP contribution in [-0.2, 0) is 24.1 Å². The molecule has 2 heterocycles. The van der Waals surface area contributed by atoms with E-state index in [1.807, 2.05) is 38.1 Å². The van der Waals surface area contributed by atoms with Crippen LogP contribution in [-0.4, -0.2) is 131 Å². The lowest BCUT2D eigenvalue weighted by Crippen LogP contribution is -2.55. The van der Waals surface area contributed by atoms with Gasteiger partial charge in [-0.25, -0.2) is 0 Å². The van der Waals surface area contributed by atoms with E-state index in [1.54, 1.807) is 31.2 Å². The van der Waals surface area contributed by atoms with Crippen molar-refractivity contribution in [1.29, 1.82) is 0 Å². The molecule has 12 N–H and O–H groups in total. The van der Waals surface area contributed by atoms with Crippen LogP contribution in [0.15, 0.2) is 65.8 Å². The Hall–Kier alpha value is -3.65.